The van der Waals surface area contributed by atoms with E-state index in [1.165, 1.54) is 5.56 Å². The first kappa shape index (κ1) is 14.5. The van der Waals surface area contributed by atoms with Crippen LogP contribution in [-0.4, -0.2) is 16.7 Å². The molecule has 0 atom stereocenters. The smallest absolute Gasteiger partial charge is 0.145 e. The van der Waals surface area contributed by atoms with E-state index in [0.29, 0.717) is 0 Å². The standard InChI is InChI=1S/C21H18N2O/c1-15-8-10-16(11-9-15)21-22-19-13-12-18(24-2)14-20(19)23(21)17-6-4-3-5-7-17/h3-14H,1-2H3. The van der Waals surface area contributed by atoms with Crippen molar-refractivity contribution < 1.29 is 4.74 Å². The van der Waals surface area contributed by atoms with E-state index in [0.717, 1.165) is 33.9 Å². The average Bonchev–Trinajstić information content (AvgIpc) is 3.01. The van der Waals surface area contributed by atoms with Gasteiger partial charge in [0.05, 0.1) is 18.1 Å². The molecule has 0 amide bonds. The molecule has 0 N–H and O–H groups in total. The van der Waals surface area contributed by atoms with E-state index in [-0.39, 0.29) is 0 Å². The van der Waals surface area contributed by atoms with Crippen LogP contribution in [0.2, 0.25) is 0 Å². The van der Waals surface area contributed by atoms with Crippen LogP contribution in [0, 0.1) is 6.92 Å². The Kier molecular flexibility index (Phi) is 3.54. The summed E-state index contributed by atoms with van der Waals surface area (Å²) in [6.45, 7) is 2.09. The summed E-state index contributed by atoms with van der Waals surface area (Å²) in [4.78, 5) is 4.87. The fourth-order valence-electron chi connectivity index (χ4n) is 2.92. The lowest BCUT2D eigenvalue weighted by atomic mass is 10.1. The largest absolute Gasteiger partial charge is 0.497 e. The van der Waals surface area contributed by atoms with Crippen molar-refractivity contribution in [3.63, 3.8) is 0 Å². The molecule has 0 fully saturated rings. The van der Waals surface area contributed by atoms with Gasteiger partial charge in [0.15, 0.2) is 0 Å². The highest BCUT2D eigenvalue weighted by Crippen LogP contribution is 2.30. The molecule has 0 radical (unpaired) electrons. The first-order valence-corrected chi connectivity index (χ1v) is 7.95. The lowest BCUT2D eigenvalue weighted by Crippen LogP contribution is -1.97. The Morgan fingerprint density at radius 1 is 0.875 bits per heavy atom. The van der Waals surface area contributed by atoms with Crippen LogP contribution in [0.25, 0.3) is 28.1 Å². The van der Waals surface area contributed by atoms with E-state index in [2.05, 4.69) is 47.9 Å². The van der Waals surface area contributed by atoms with Gasteiger partial charge in [0, 0.05) is 17.3 Å². The number of aromatic nitrogens is 2. The van der Waals surface area contributed by atoms with Gasteiger partial charge in [0.1, 0.15) is 11.6 Å². The Balaban J connectivity index is 2.03. The fraction of sp³-hybridized carbons (Fsp3) is 0.0952. The van der Waals surface area contributed by atoms with Crippen LogP contribution >= 0.6 is 0 Å². The van der Waals surface area contributed by atoms with E-state index in [9.17, 15) is 0 Å². The topological polar surface area (TPSA) is 27.1 Å². The molecule has 1 heterocycles. The van der Waals surface area contributed by atoms with Gasteiger partial charge in [-0.1, -0.05) is 48.0 Å². The molecule has 0 unspecified atom stereocenters. The number of imidazole rings is 1. The summed E-state index contributed by atoms with van der Waals surface area (Å²) < 4.78 is 7.59. The van der Waals surface area contributed by atoms with Gasteiger partial charge in [-0.05, 0) is 31.2 Å². The molecule has 0 bridgehead atoms. The maximum atomic E-state index is 5.40. The second-order valence-corrected chi connectivity index (χ2v) is 5.83. The number of hydrogen-bond acceptors (Lipinski definition) is 2. The molecule has 0 aliphatic heterocycles. The molecule has 24 heavy (non-hydrogen) atoms. The van der Waals surface area contributed by atoms with Crippen molar-refractivity contribution >= 4 is 11.0 Å². The summed E-state index contributed by atoms with van der Waals surface area (Å²) in [5.74, 6) is 1.76. The molecule has 4 aromatic rings. The van der Waals surface area contributed by atoms with Gasteiger partial charge in [0.25, 0.3) is 0 Å². The van der Waals surface area contributed by atoms with Crippen molar-refractivity contribution in [2.24, 2.45) is 0 Å². The normalized spacial score (nSPS) is 10.9. The molecule has 0 spiro atoms. The van der Waals surface area contributed by atoms with Gasteiger partial charge < -0.3 is 4.74 Å². The first-order chi connectivity index (χ1) is 11.8. The summed E-state index contributed by atoms with van der Waals surface area (Å²) in [5, 5.41) is 0. The Morgan fingerprint density at radius 3 is 2.33 bits per heavy atom. The number of aryl methyl sites for hydroxylation is 1. The molecule has 0 aliphatic rings. The Morgan fingerprint density at radius 2 is 1.62 bits per heavy atom. The number of nitrogens with zero attached hydrogens (tertiary/aromatic N) is 2. The Bertz CT molecular complexity index is 986. The summed E-state index contributed by atoms with van der Waals surface area (Å²) in [6, 6.07) is 24.8. The van der Waals surface area contributed by atoms with Crippen LogP contribution in [0.5, 0.6) is 5.75 Å². The van der Waals surface area contributed by atoms with E-state index < -0.39 is 0 Å². The number of rotatable bonds is 3. The predicted octanol–water partition coefficient (Wildman–Crippen LogP) is 5.01. The van der Waals surface area contributed by atoms with Crippen LogP contribution in [0.1, 0.15) is 5.56 Å². The van der Waals surface area contributed by atoms with Gasteiger partial charge in [-0.2, -0.15) is 0 Å². The quantitative estimate of drug-likeness (QED) is 0.531. The van der Waals surface area contributed by atoms with Crippen molar-refractivity contribution in [2.75, 3.05) is 7.11 Å². The zero-order chi connectivity index (χ0) is 16.5. The average molecular weight is 314 g/mol. The summed E-state index contributed by atoms with van der Waals surface area (Å²) in [5.41, 5.74) is 5.41. The van der Waals surface area contributed by atoms with Crippen LogP contribution in [-0.2, 0) is 0 Å². The molecule has 118 valence electrons. The minimum Gasteiger partial charge on any atom is -0.497 e. The second-order valence-electron chi connectivity index (χ2n) is 5.83. The highest BCUT2D eigenvalue weighted by atomic mass is 16.5. The summed E-state index contributed by atoms with van der Waals surface area (Å²) >= 11 is 0. The number of para-hydroxylation sites is 1. The molecule has 3 heteroatoms. The molecule has 4 rings (SSSR count). The van der Waals surface area contributed by atoms with Crippen LogP contribution < -0.4 is 4.74 Å². The molecule has 0 aliphatic carbocycles. The Labute approximate surface area is 141 Å². The van der Waals surface area contributed by atoms with E-state index in [1.807, 2.05) is 36.4 Å². The molecule has 3 nitrogen and oxygen atoms in total. The SMILES string of the molecule is COc1ccc2nc(-c3ccc(C)cc3)n(-c3ccccc3)c2c1. The monoisotopic (exact) mass is 314 g/mol. The van der Waals surface area contributed by atoms with E-state index in [1.54, 1.807) is 7.11 Å². The van der Waals surface area contributed by atoms with Crippen LogP contribution in [0.3, 0.4) is 0 Å². The lowest BCUT2D eigenvalue weighted by Gasteiger charge is -2.10. The maximum Gasteiger partial charge on any atom is 0.145 e. The molecule has 0 saturated carbocycles. The van der Waals surface area contributed by atoms with Gasteiger partial charge in [-0.15, -0.1) is 0 Å². The molecule has 1 aromatic heterocycles. The lowest BCUT2D eigenvalue weighted by molar-refractivity contribution is 0.415. The zero-order valence-corrected chi connectivity index (χ0v) is 13.7. The van der Waals surface area contributed by atoms with Crippen molar-refractivity contribution in [1.29, 1.82) is 0 Å². The van der Waals surface area contributed by atoms with E-state index in [4.69, 9.17) is 9.72 Å². The third kappa shape index (κ3) is 2.44. The zero-order valence-electron chi connectivity index (χ0n) is 13.7. The highest BCUT2D eigenvalue weighted by Gasteiger charge is 2.14. The first-order valence-electron chi connectivity index (χ1n) is 7.95. The van der Waals surface area contributed by atoms with E-state index >= 15 is 0 Å². The van der Waals surface area contributed by atoms with Crippen LogP contribution in [0.15, 0.2) is 72.8 Å². The highest BCUT2D eigenvalue weighted by molar-refractivity contribution is 5.84. The number of methoxy groups -OCH3 is 1. The van der Waals surface area contributed by atoms with Crippen molar-refractivity contribution in [3.8, 4) is 22.8 Å². The summed E-state index contributed by atoms with van der Waals surface area (Å²) in [6.07, 6.45) is 0. The van der Waals surface area contributed by atoms with Gasteiger partial charge >= 0.3 is 0 Å². The number of fused-ring (bicyclic) bond motifs is 1. The molecule has 3 aromatic carbocycles. The third-order valence-corrected chi connectivity index (χ3v) is 4.19. The molecule has 0 saturated heterocycles. The van der Waals surface area contributed by atoms with Crippen molar-refractivity contribution in [2.45, 2.75) is 6.92 Å². The molecular formula is C21H18N2O. The Hall–Kier alpha value is -3.07. The fourth-order valence-corrected chi connectivity index (χ4v) is 2.92. The molecular weight excluding hydrogens is 296 g/mol. The maximum absolute atomic E-state index is 5.40. The predicted molar refractivity (Wildman–Crippen MR) is 97.8 cm³/mol. The minimum absolute atomic E-state index is 0.829. The number of benzene rings is 3. The second kappa shape index (κ2) is 5.85. The third-order valence-electron chi connectivity index (χ3n) is 4.19. The van der Waals surface area contributed by atoms with Gasteiger partial charge in [0.2, 0.25) is 0 Å². The van der Waals surface area contributed by atoms with Crippen LogP contribution in [0.4, 0.5) is 0 Å². The number of ether oxygens (including phenoxy) is 1. The van der Waals surface area contributed by atoms with Crippen molar-refractivity contribution in [1.82, 2.24) is 9.55 Å². The summed E-state index contributed by atoms with van der Waals surface area (Å²) in [7, 11) is 1.69. The van der Waals surface area contributed by atoms with Gasteiger partial charge in [-0.3, -0.25) is 4.57 Å². The van der Waals surface area contributed by atoms with Gasteiger partial charge in [-0.25, -0.2) is 4.98 Å². The minimum atomic E-state index is 0.829. The number of hydrogen-bond donors (Lipinski definition) is 0. The van der Waals surface area contributed by atoms with Crippen molar-refractivity contribution in [3.05, 3.63) is 78.4 Å².